The van der Waals surface area contributed by atoms with Crippen molar-refractivity contribution in [3.05, 3.63) is 28.2 Å². The molecule has 1 rings (SSSR count). The van der Waals surface area contributed by atoms with Crippen molar-refractivity contribution < 1.29 is 29.3 Å². The maximum absolute atomic E-state index is 11.5. The fourth-order valence-electron chi connectivity index (χ4n) is 1.33. The molecule has 1 aromatic carbocycles. The van der Waals surface area contributed by atoms with Gasteiger partial charge in [0.15, 0.2) is 6.61 Å². The molecular weight excluding hydrogens is 325 g/mol. The molecule has 1 unspecified atom stereocenters. The van der Waals surface area contributed by atoms with Gasteiger partial charge in [0.1, 0.15) is 5.75 Å². The first-order chi connectivity index (χ1) is 9.79. The number of carboxylic acid groups (broad SMARTS) is 2. The highest BCUT2D eigenvalue weighted by Crippen LogP contribution is 2.27. The van der Waals surface area contributed by atoms with Gasteiger partial charge in [-0.2, -0.15) is 0 Å². The molecule has 0 saturated heterocycles. The Hall–Kier alpha value is -1.99. The Morgan fingerprint density at radius 2 is 1.90 bits per heavy atom. The van der Waals surface area contributed by atoms with Crippen molar-refractivity contribution in [1.82, 2.24) is 5.32 Å². The Kier molecular flexibility index (Phi) is 6.26. The van der Waals surface area contributed by atoms with Crippen molar-refractivity contribution in [3.63, 3.8) is 0 Å². The molecule has 0 bridgehead atoms. The molecular formula is C12H9Cl2NO6-2. The number of hydrogen-bond acceptors (Lipinski definition) is 6. The van der Waals surface area contributed by atoms with Gasteiger partial charge in [-0.25, -0.2) is 0 Å². The summed E-state index contributed by atoms with van der Waals surface area (Å²) in [5, 5.41) is 23.5. The molecule has 0 spiro atoms. The van der Waals surface area contributed by atoms with E-state index in [2.05, 4.69) is 0 Å². The van der Waals surface area contributed by atoms with Crippen LogP contribution < -0.4 is 20.3 Å². The van der Waals surface area contributed by atoms with Gasteiger partial charge in [0.25, 0.3) is 5.91 Å². The highest BCUT2D eigenvalue weighted by atomic mass is 35.5. The van der Waals surface area contributed by atoms with Crippen LogP contribution in [0.3, 0.4) is 0 Å². The van der Waals surface area contributed by atoms with Crippen molar-refractivity contribution in [2.24, 2.45) is 0 Å². The molecule has 1 aromatic rings. The van der Waals surface area contributed by atoms with E-state index in [1.165, 1.54) is 18.2 Å². The first kappa shape index (κ1) is 17.1. The number of rotatable bonds is 7. The fourth-order valence-corrected chi connectivity index (χ4v) is 1.79. The number of carbonyl (C=O) groups excluding carboxylic acids is 3. The second-order valence-corrected chi connectivity index (χ2v) is 4.72. The number of aliphatic carboxylic acids is 2. The van der Waals surface area contributed by atoms with Crippen LogP contribution in [0, 0.1) is 0 Å². The second kappa shape index (κ2) is 7.70. The monoisotopic (exact) mass is 333 g/mol. The molecule has 0 aliphatic heterocycles. The largest absolute Gasteiger partial charge is 0.550 e. The van der Waals surface area contributed by atoms with Gasteiger partial charge in [0.2, 0.25) is 0 Å². The Morgan fingerprint density at radius 3 is 2.43 bits per heavy atom. The summed E-state index contributed by atoms with van der Waals surface area (Å²) in [7, 11) is 0. The quantitative estimate of drug-likeness (QED) is 0.665. The van der Waals surface area contributed by atoms with E-state index in [1.807, 2.05) is 5.32 Å². The lowest BCUT2D eigenvalue weighted by Crippen LogP contribution is -2.51. The molecule has 1 N–H and O–H groups in total. The lowest BCUT2D eigenvalue weighted by molar-refractivity contribution is -0.317. The lowest BCUT2D eigenvalue weighted by atomic mass is 10.2. The third-order valence-corrected chi connectivity index (χ3v) is 2.77. The Balaban J connectivity index is 2.56. The van der Waals surface area contributed by atoms with Crippen LogP contribution in [0.4, 0.5) is 0 Å². The highest BCUT2D eigenvalue weighted by Gasteiger charge is 2.14. The van der Waals surface area contributed by atoms with Gasteiger partial charge >= 0.3 is 0 Å². The van der Waals surface area contributed by atoms with Crippen LogP contribution in [0.15, 0.2) is 18.2 Å². The van der Waals surface area contributed by atoms with Crippen LogP contribution in [0.2, 0.25) is 10.0 Å². The van der Waals surface area contributed by atoms with Crippen LogP contribution in [0.1, 0.15) is 6.42 Å². The summed E-state index contributed by atoms with van der Waals surface area (Å²) in [6, 6.07) is 2.61. The first-order valence-corrected chi connectivity index (χ1v) is 6.33. The van der Waals surface area contributed by atoms with E-state index in [0.717, 1.165) is 0 Å². The van der Waals surface area contributed by atoms with Crippen LogP contribution in [-0.2, 0) is 14.4 Å². The number of nitrogens with one attached hydrogen (secondary N) is 1. The molecule has 7 nitrogen and oxygen atoms in total. The number of benzene rings is 1. The van der Waals surface area contributed by atoms with E-state index in [-0.39, 0.29) is 10.8 Å². The van der Waals surface area contributed by atoms with Crippen molar-refractivity contribution in [3.8, 4) is 5.75 Å². The minimum atomic E-state index is -1.74. The van der Waals surface area contributed by atoms with E-state index in [1.54, 1.807) is 0 Å². The summed E-state index contributed by atoms with van der Waals surface area (Å²) in [5.74, 6) is -4.05. The molecule has 114 valence electrons. The number of carbonyl (C=O) groups is 3. The van der Waals surface area contributed by atoms with Gasteiger partial charge in [0, 0.05) is 17.4 Å². The number of amides is 1. The van der Waals surface area contributed by atoms with E-state index in [4.69, 9.17) is 27.9 Å². The Labute approximate surface area is 129 Å². The normalized spacial score (nSPS) is 11.5. The van der Waals surface area contributed by atoms with E-state index in [0.29, 0.717) is 5.02 Å². The smallest absolute Gasteiger partial charge is 0.258 e. The summed E-state index contributed by atoms with van der Waals surface area (Å²) in [5.41, 5.74) is 0. The average Bonchev–Trinajstić information content (AvgIpc) is 2.36. The zero-order valence-electron chi connectivity index (χ0n) is 10.4. The van der Waals surface area contributed by atoms with Crippen LogP contribution >= 0.6 is 23.2 Å². The molecule has 9 heteroatoms. The summed E-state index contributed by atoms with van der Waals surface area (Å²) < 4.78 is 5.06. The van der Waals surface area contributed by atoms with Crippen molar-refractivity contribution in [1.29, 1.82) is 0 Å². The lowest BCUT2D eigenvalue weighted by Gasteiger charge is -2.20. The van der Waals surface area contributed by atoms with Crippen LogP contribution in [-0.4, -0.2) is 30.5 Å². The van der Waals surface area contributed by atoms with E-state index < -0.39 is 36.9 Å². The third-order valence-electron chi connectivity index (χ3n) is 2.24. The van der Waals surface area contributed by atoms with Crippen molar-refractivity contribution >= 4 is 41.0 Å². The highest BCUT2D eigenvalue weighted by molar-refractivity contribution is 6.35. The van der Waals surface area contributed by atoms with E-state index >= 15 is 0 Å². The number of hydrogen-bond donors (Lipinski definition) is 1. The van der Waals surface area contributed by atoms with Crippen LogP contribution in [0.5, 0.6) is 5.75 Å². The van der Waals surface area contributed by atoms with Gasteiger partial charge in [-0.05, 0) is 18.2 Å². The number of halogens is 2. The van der Waals surface area contributed by atoms with E-state index in [9.17, 15) is 24.6 Å². The van der Waals surface area contributed by atoms with Gasteiger partial charge in [0.05, 0.1) is 17.0 Å². The first-order valence-electron chi connectivity index (χ1n) is 5.57. The molecule has 21 heavy (non-hydrogen) atoms. The van der Waals surface area contributed by atoms with Gasteiger partial charge < -0.3 is 29.9 Å². The fraction of sp³-hybridized carbons (Fsp3) is 0.250. The second-order valence-electron chi connectivity index (χ2n) is 3.88. The molecule has 0 heterocycles. The molecule has 0 aromatic heterocycles. The third kappa shape index (κ3) is 5.88. The Bertz CT molecular complexity index is 563. The number of ether oxygens (including phenoxy) is 1. The summed E-state index contributed by atoms with van der Waals surface area (Å²) in [4.78, 5) is 32.5. The Morgan fingerprint density at radius 1 is 1.24 bits per heavy atom. The van der Waals surface area contributed by atoms with Gasteiger partial charge in [-0.15, -0.1) is 0 Å². The van der Waals surface area contributed by atoms with Gasteiger partial charge in [-0.3, -0.25) is 4.79 Å². The molecule has 0 radical (unpaired) electrons. The van der Waals surface area contributed by atoms with Crippen LogP contribution in [0.25, 0.3) is 0 Å². The molecule has 0 aliphatic carbocycles. The maximum Gasteiger partial charge on any atom is 0.258 e. The predicted octanol–water partition coefficient (Wildman–Crippen LogP) is -1.25. The zero-order valence-corrected chi connectivity index (χ0v) is 11.9. The molecule has 1 amide bonds. The SMILES string of the molecule is O=C([O-])CC(NC(=O)COc1ccc(Cl)cc1Cl)C(=O)[O-]. The minimum Gasteiger partial charge on any atom is -0.550 e. The summed E-state index contributed by atoms with van der Waals surface area (Å²) in [6.07, 6.45) is -0.907. The van der Waals surface area contributed by atoms with Crippen molar-refractivity contribution in [2.75, 3.05) is 6.61 Å². The molecule has 1 atom stereocenters. The molecule has 0 aliphatic rings. The molecule has 0 fully saturated rings. The summed E-state index contributed by atoms with van der Waals surface area (Å²) >= 11 is 11.5. The predicted molar refractivity (Wildman–Crippen MR) is 68.5 cm³/mol. The number of carboxylic acids is 2. The molecule has 0 saturated carbocycles. The minimum absolute atomic E-state index is 0.168. The zero-order chi connectivity index (χ0) is 16.0. The maximum atomic E-state index is 11.5. The summed E-state index contributed by atoms with van der Waals surface area (Å²) in [6.45, 7) is -0.557. The topological polar surface area (TPSA) is 119 Å². The average molecular weight is 334 g/mol. The standard InChI is InChI=1S/C12H11Cl2NO6/c13-6-1-2-9(7(14)3-6)21-5-10(16)15-8(12(19)20)4-11(17)18/h1-3,8H,4-5H2,(H,15,16)(H,17,18)(H,19,20)/p-2. The van der Waals surface area contributed by atoms with Crippen molar-refractivity contribution in [2.45, 2.75) is 12.5 Å². The van der Waals surface area contributed by atoms with Gasteiger partial charge in [-0.1, -0.05) is 23.2 Å².